The van der Waals surface area contributed by atoms with E-state index in [-0.39, 0.29) is 29.8 Å². The fraction of sp³-hybridized carbons (Fsp3) is 0.200. The van der Waals surface area contributed by atoms with Crippen molar-refractivity contribution in [2.24, 2.45) is 0 Å². The number of carbonyl (C=O) groups excluding carboxylic acids is 1. The normalized spacial score (nSPS) is 13.1. The zero-order valence-corrected chi connectivity index (χ0v) is 18.2. The first-order valence-electron chi connectivity index (χ1n) is 10.3. The summed E-state index contributed by atoms with van der Waals surface area (Å²) < 4.78 is 43.9. The van der Waals surface area contributed by atoms with E-state index in [2.05, 4.69) is 22.4 Å². The van der Waals surface area contributed by atoms with Crippen LogP contribution in [0.4, 0.5) is 18.0 Å². The maximum atomic E-state index is 12.8. The van der Waals surface area contributed by atoms with E-state index in [0.29, 0.717) is 12.6 Å². The second kappa shape index (κ2) is 9.67. The van der Waals surface area contributed by atoms with Crippen molar-refractivity contribution in [1.29, 1.82) is 0 Å². The summed E-state index contributed by atoms with van der Waals surface area (Å²) in [6.07, 6.45) is -0.901. The maximum absolute atomic E-state index is 12.8. The Balaban J connectivity index is 1.28. The number of hydrogen-bond acceptors (Lipinski definition) is 3. The van der Waals surface area contributed by atoms with Crippen LogP contribution in [0, 0.1) is 0 Å². The van der Waals surface area contributed by atoms with Gasteiger partial charge in [0.1, 0.15) is 11.8 Å². The lowest BCUT2D eigenvalue weighted by Crippen LogP contribution is -2.26. The third-order valence-corrected chi connectivity index (χ3v) is 5.73. The van der Waals surface area contributed by atoms with Crippen LogP contribution in [-0.2, 0) is 10.9 Å². The van der Waals surface area contributed by atoms with Crippen molar-refractivity contribution in [2.75, 3.05) is 13.2 Å². The van der Waals surface area contributed by atoms with Gasteiger partial charge in [0.05, 0.1) is 5.56 Å². The van der Waals surface area contributed by atoms with Gasteiger partial charge in [-0.1, -0.05) is 72.3 Å². The molecular weight excluding hydrogens is 453 g/mol. The van der Waals surface area contributed by atoms with Crippen LogP contribution < -0.4 is 5.32 Å². The minimum absolute atomic E-state index is 0.0243. The molecule has 0 aliphatic heterocycles. The summed E-state index contributed by atoms with van der Waals surface area (Å²) in [5.41, 5.74) is 3.84. The summed E-state index contributed by atoms with van der Waals surface area (Å²) in [4.78, 5) is 15.7. The molecule has 2 aromatic carbocycles. The Bertz CT molecular complexity index is 1150. The highest BCUT2D eigenvalue weighted by Gasteiger charge is 2.31. The van der Waals surface area contributed by atoms with Crippen LogP contribution in [0.3, 0.4) is 0 Å². The molecule has 3 aromatic rings. The van der Waals surface area contributed by atoms with Crippen molar-refractivity contribution in [2.45, 2.75) is 18.5 Å². The van der Waals surface area contributed by atoms with Gasteiger partial charge in [0.15, 0.2) is 0 Å². The number of alkyl carbamates (subject to hydrolysis) is 1. The number of pyridine rings is 1. The summed E-state index contributed by atoms with van der Waals surface area (Å²) in [7, 11) is 0. The fourth-order valence-electron chi connectivity index (χ4n) is 3.85. The molecule has 0 bridgehead atoms. The van der Waals surface area contributed by atoms with E-state index < -0.39 is 17.8 Å². The molecule has 1 heterocycles. The quantitative estimate of drug-likeness (QED) is 0.321. The summed E-state index contributed by atoms with van der Waals surface area (Å²) in [6.45, 7) is 0.471. The number of nitrogens with zero attached hydrogens (tertiary/aromatic N) is 1. The lowest BCUT2D eigenvalue weighted by molar-refractivity contribution is -0.137. The number of hydrogen-bond donors (Lipinski definition) is 1. The molecule has 0 saturated heterocycles. The number of amides is 1. The van der Waals surface area contributed by atoms with Gasteiger partial charge in [-0.3, -0.25) is 0 Å². The second-order valence-electron chi connectivity index (χ2n) is 7.55. The largest absolute Gasteiger partial charge is 0.449 e. The van der Waals surface area contributed by atoms with E-state index in [1.165, 1.54) is 6.08 Å². The van der Waals surface area contributed by atoms with E-state index >= 15 is 0 Å². The highest BCUT2D eigenvalue weighted by Crippen LogP contribution is 2.44. The highest BCUT2D eigenvalue weighted by atomic mass is 35.5. The van der Waals surface area contributed by atoms with E-state index in [0.717, 1.165) is 28.3 Å². The van der Waals surface area contributed by atoms with Gasteiger partial charge >= 0.3 is 12.3 Å². The molecule has 1 aliphatic carbocycles. The van der Waals surface area contributed by atoms with Crippen LogP contribution >= 0.6 is 11.6 Å². The third kappa shape index (κ3) is 5.20. The van der Waals surface area contributed by atoms with E-state index in [4.69, 9.17) is 16.3 Å². The Kier molecular flexibility index (Phi) is 6.70. The predicted molar refractivity (Wildman–Crippen MR) is 121 cm³/mol. The van der Waals surface area contributed by atoms with Crippen LogP contribution in [0.5, 0.6) is 0 Å². The number of fused-ring (bicyclic) bond motifs is 3. The number of halogens is 4. The number of ether oxygens (including phenoxy) is 1. The Hall–Kier alpha value is -3.32. The summed E-state index contributed by atoms with van der Waals surface area (Å²) >= 11 is 5.87. The average molecular weight is 473 g/mol. The molecule has 0 unspecified atom stereocenters. The van der Waals surface area contributed by atoms with Gasteiger partial charge in [-0.25, -0.2) is 9.78 Å². The molecular formula is C25H20ClF3N2O2. The number of nitrogens with one attached hydrogen (secondary N) is 1. The molecule has 0 radical (unpaired) electrons. The monoisotopic (exact) mass is 472 g/mol. The minimum Gasteiger partial charge on any atom is -0.449 e. The zero-order chi connectivity index (χ0) is 23.4. The first kappa shape index (κ1) is 22.9. The van der Waals surface area contributed by atoms with Crippen molar-refractivity contribution in [3.63, 3.8) is 0 Å². The molecule has 0 spiro atoms. The molecule has 1 amide bonds. The van der Waals surface area contributed by atoms with Gasteiger partial charge in [0.25, 0.3) is 0 Å². The number of aromatic nitrogens is 1. The van der Waals surface area contributed by atoms with Gasteiger partial charge in [-0.15, -0.1) is 0 Å². The lowest BCUT2D eigenvalue weighted by atomic mass is 9.98. The summed E-state index contributed by atoms with van der Waals surface area (Å²) in [5, 5.41) is 2.63. The Morgan fingerprint density at radius 3 is 2.36 bits per heavy atom. The van der Waals surface area contributed by atoms with Gasteiger partial charge in [0, 0.05) is 24.2 Å². The number of carbonyl (C=O) groups is 1. The SMILES string of the molecule is O=C(NCCC=Cc1cc(C(F)(F)F)cnc1Cl)OCC1c2ccccc2-c2ccccc21. The molecule has 1 aromatic heterocycles. The molecule has 4 nitrogen and oxygen atoms in total. The summed E-state index contributed by atoms with van der Waals surface area (Å²) in [6, 6.07) is 17.1. The van der Waals surface area contributed by atoms with Crippen molar-refractivity contribution >= 4 is 23.8 Å². The van der Waals surface area contributed by atoms with Gasteiger partial charge < -0.3 is 10.1 Å². The van der Waals surface area contributed by atoms with Crippen molar-refractivity contribution in [3.8, 4) is 11.1 Å². The Morgan fingerprint density at radius 2 is 1.73 bits per heavy atom. The van der Waals surface area contributed by atoms with Gasteiger partial charge in [-0.05, 0) is 34.7 Å². The highest BCUT2D eigenvalue weighted by molar-refractivity contribution is 6.30. The molecule has 1 aliphatic rings. The molecule has 0 saturated carbocycles. The fourth-order valence-corrected chi connectivity index (χ4v) is 4.02. The van der Waals surface area contributed by atoms with Crippen LogP contribution in [-0.4, -0.2) is 24.2 Å². The molecule has 8 heteroatoms. The maximum Gasteiger partial charge on any atom is 0.417 e. The minimum atomic E-state index is -4.49. The predicted octanol–water partition coefficient (Wildman–Crippen LogP) is 6.70. The first-order valence-corrected chi connectivity index (χ1v) is 10.7. The van der Waals surface area contributed by atoms with Crippen molar-refractivity contribution < 1.29 is 22.7 Å². The zero-order valence-electron chi connectivity index (χ0n) is 17.4. The second-order valence-corrected chi connectivity index (χ2v) is 7.90. The molecule has 33 heavy (non-hydrogen) atoms. The Labute approximate surface area is 194 Å². The van der Waals surface area contributed by atoms with Crippen LogP contribution in [0.1, 0.15) is 34.6 Å². The van der Waals surface area contributed by atoms with Crippen LogP contribution in [0.15, 0.2) is 66.9 Å². The molecule has 0 atom stereocenters. The molecule has 1 N–H and O–H groups in total. The average Bonchev–Trinajstić information content (AvgIpc) is 3.11. The number of benzene rings is 2. The molecule has 170 valence electrons. The molecule has 4 rings (SSSR count). The first-order chi connectivity index (χ1) is 15.8. The molecule has 0 fully saturated rings. The summed E-state index contributed by atoms with van der Waals surface area (Å²) in [5.74, 6) is -0.0291. The lowest BCUT2D eigenvalue weighted by Gasteiger charge is -2.14. The topological polar surface area (TPSA) is 51.2 Å². The smallest absolute Gasteiger partial charge is 0.417 e. The van der Waals surface area contributed by atoms with E-state index in [1.54, 1.807) is 6.08 Å². The van der Waals surface area contributed by atoms with Gasteiger partial charge in [0.2, 0.25) is 0 Å². The third-order valence-electron chi connectivity index (χ3n) is 5.41. The van der Waals surface area contributed by atoms with Crippen LogP contribution in [0.25, 0.3) is 17.2 Å². The van der Waals surface area contributed by atoms with Crippen molar-refractivity contribution in [3.05, 3.63) is 94.3 Å². The van der Waals surface area contributed by atoms with Gasteiger partial charge in [-0.2, -0.15) is 13.2 Å². The standard InChI is InChI=1S/C25H20ClF3N2O2/c26-23-16(13-17(14-31-23)25(27,28)29)7-5-6-12-30-24(32)33-15-22-20-10-3-1-8-18(20)19-9-2-4-11-21(19)22/h1-5,7-11,13-14,22H,6,12,15H2,(H,30,32). The van der Waals surface area contributed by atoms with E-state index in [1.807, 2.05) is 36.4 Å². The number of rotatable bonds is 6. The Morgan fingerprint density at radius 1 is 1.09 bits per heavy atom. The number of alkyl halides is 3. The van der Waals surface area contributed by atoms with Crippen LogP contribution in [0.2, 0.25) is 5.15 Å². The van der Waals surface area contributed by atoms with E-state index in [9.17, 15) is 18.0 Å². The van der Waals surface area contributed by atoms with Crippen molar-refractivity contribution in [1.82, 2.24) is 10.3 Å².